The lowest BCUT2D eigenvalue weighted by atomic mass is 10.6. The number of halogens is 6. The number of rotatable bonds is 4. The summed E-state index contributed by atoms with van der Waals surface area (Å²) in [6.45, 7) is -1.39. The van der Waals surface area contributed by atoms with Crippen molar-refractivity contribution in [3.63, 3.8) is 0 Å². The van der Waals surface area contributed by atoms with Gasteiger partial charge in [0.05, 0.1) is 0 Å². The van der Waals surface area contributed by atoms with Crippen LogP contribution in [0.15, 0.2) is 0 Å². The first-order valence-corrected chi connectivity index (χ1v) is 3.69. The standard InChI is InChI=1S/C4H4Cl3F3O2/c5-3(8,9)1-12-2(11)4(6,7)10/h2,11H,1H2. The van der Waals surface area contributed by atoms with Gasteiger partial charge in [-0.15, -0.1) is 0 Å². The fourth-order valence-electron chi connectivity index (χ4n) is 0.268. The van der Waals surface area contributed by atoms with Crippen LogP contribution in [-0.4, -0.2) is 28.0 Å². The van der Waals surface area contributed by atoms with Crippen molar-refractivity contribution in [3.8, 4) is 0 Å². The Labute approximate surface area is 81.1 Å². The van der Waals surface area contributed by atoms with Gasteiger partial charge in [0.15, 0.2) is 0 Å². The molecule has 0 aromatic heterocycles. The number of aliphatic hydroxyl groups is 1. The van der Waals surface area contributed by atoms with Crippen LogP contribution in [0.3, 0.4) is 0 Å². The van der Waals surface area contributed by atoms with Crippen LogP contribution in [0.5, 0.6) is 0 Å². The Morgan fingerprint density at radius 3 is 1.92 bits per heavy atom. The van der Waals surface area contributed by atoms with Crippen molar-refractivity contribution in [3.05, 3.63) is 0 Å². The predicted octanol–water partition coefficient (Wildman–Crippen LogP) is 2.25. The summed E-state index contributed by atoms with van der Waals surface area (Å²) in [4.78, 5) is 0. The van der Waals surface area contributed by atoms with E-state index >= 15 is 0 Å². The van der Waals surface area contributed by atoms with Gasteiger partial charge in [0.25, 0.3) is 0 Å². The van der Waals surface area contributed by atoms with Crippen molar-refractivity contribution in [1.82, 2.24) is 0 Å². The highest BCUT2D eigenvalue weighted by Crippen LogP contribution is 2.29. The molecular weight excluding hydrogens is 243 g/mol. The maximum Gasteiger partial charge on any atom is 0.344 e. The molecule has 0 heterocycles. The SMILES string of the molecule is OC(OCC(F)(F)Cl)C(F)(Cl)Cl. The van der Waals surface area contributed by atoms with Gasteiger partial charge in [0.2, 0.25) is 6.29 Å². The average Bonchev–Trinajstić information content (AvgIpc) is 1.78. The lowest BCUT2D eigenvalue weighted by molar-refractivity contribution is -0.162. The van der Waals surface area contributed by atoms with Gasteiger partial charge in [-0.05, 0) is 11.6 Å². The third-order valence-electron chi connectivity index (χ3n) is 0.685. The van der Waals surface area contributed by atoms with E-state index in [9.17, 15) is 13.2 Å². The molecular formula is C4H4Cl3F3O2. The van der Waals surface area contributed by atoms with E-state index in [0.29, 0.717) is 0 Å². The van der Waals surface area contributed by atoms with Crippen LogP contribution in [0.4, 0.5) is 13.2 Å². The second-order valence-electron chi connectivity index (χ2n) is 1.82. The third kappa shape index (κ3) is 6.14. The molecule has 0 spiro atoms. The summed E-state index contributed by atoms with van der Waals surface area (Å²) < 4.78 is 36.5. The van der Waals surface area contributed by atoms with Crippen molar-refractivity contribution in [1.29, 1.82) is 0 Å². The molecule has 12 heavy (non-hydrogen) atoms. The molecule has 0 rings (SSSR count). The van der Waals surface area contributed by atoms with E-state index < -0.39 is 22.9 Å². The first kappa shape index (κ1) is 12.6. The predicted molar refractivity (Wildman–Crippen MR) is 38.3 cm³/mol. The van der Waals surface area contributed by atoms with Crippen molar-refractivity contribution in [2.75, 3.05) is 6.61 Å². The minimum Gasteiger partial charge on any atom is -0.363 e. The van der Waals surface area contributed by atoms with E-state index in [4.69, 9.17) is 5.11 Å². The van der Waals surface area contributed by atoms with Crippen molar-refractivity contribution in [2.45, 2.75) is 16.3 Å². The van der Waals surface area contributed by atoms with E-state index in [1.807, 2.05) is 0 Å². The lowest BCUT2D eigenvalue weighted by Crippen LogP contribution is -2.32. The van der Waals surface area contributed by atoms with Crippen molar-refractivity contribution in [2.24, 2.45) is 0 Å². The lowest BCUT2D eigenvalue weighted by Gasteiger charge is -2.18. The summed E-state index contributed by atoms with van der Waals surface area (Å²) in [6, 6.07) is 0. The zero-order valence-electron chi connectivity index (χ0n) is 5.41. The van der Waals surface area contributed by atoms with Crippen molar-refractivity contribution >= 4 is 34.8 Å². The smallest absolute Gasteiger partial charge is 0.344 e. The van der Waals surface area contributed by atoms with E-state index in [2.05, 4.69) is 39.5 Å². The van der Waals surface area contributed by atoms with E-state index in [0.717, 1.165) is 0 Å². The molecule has 0 aliphatic rings. The van der Waals surface area contributed by atoms with Crippen LogP contribution in [0.1, 0.15) is 0 Å². The molecule has 2 nitrogen and oxygen atoms in total. The Morgan fingerprint density at radius 2 is 1.67 bits per heavy atom. The topological polar surface area (TPSA) is 29.5 Å². The number of alkyl halides is 6. The number of ether oxygens (including phenoxy) is 1. The molecule has 0 fully saturated rings. The van der Waals surface area contributed by atoms with Gasteiger partial charge in [-0.25, -0.2) is 4.39 Å². The first-order chi connectivity index (χ1) is 5.13. The molecule has 0 radical (unpaired) electrons. The Bertz CT molecular complexity index is 143. The number of hydrogen-bond acceptors (Lipinski definition) is 2. The minimum atomic E-state index is -3.69. The minimum absolute atomic E-state index is 1.39. The summed E-state index contributed by atoms with van der Waals surface area (Å²) >= 11 is 13.6. The maximum absolute atomic E-state index is 12.2. The van der Waals surface area contributed by atoms with Crippen LogP contribution < -0.4 is 0 Å². The zero-order valence-corrected chi connectivity index (χ0v) is 7.68. The van der Waals surface area contributed by atoms with Gasteiger partial charge in [0.1, 0.15) is 6.61 Å². The highest BCUT2D eigenvalue weighted by Gasteiger charge is 2.37. The Balaban J connectivity index is 3.80. The van der Waals surface area contributed by atoms with Crippen LogP contribution in [0.25, 0.3) is 0 Å². The molecule has 8 heteroatoms. The van der Waals surface area contributed by atoms with Gasteiger partial charge in [0, 0.05) is 0 Å². The van der Waals surface area contributed by atoms with Gasteiger partial charge in [-0.2, -0.15) is 8.78 Å². The largest absolute Gasteiger partial charge is 0.363 e. The Kier molecular flexibility index (Phi) is 4.40. The second kappa shape index (κ2) is 4.19. The van der Waals surface area contributed by atoms with E-state index in [-0.39, 0.29) is 0 Å². The molecule has 1 atom stereocenters. The van der Waals surface area contributed by atoms with E-state index in [1.54, 1.807) is 0 Å². The maximum atomic E-state index is 12.2. The number of aliphatic hydroxyl groups excluding tert-OH is 1. The highest BCUT2D eigenvalue weighted by molar-refractivity contribution is 6.47. The highest BCUT2D eigenvalue weighted by atomic mass is 35.5. The molecule has 0 amide bonds. The van der Waals surface area contributed by atoms with Crippen molar-refractivity contribution < 1.29 is 23.0 Å². The van der Waals surface area contributed by atoms with Gasteiger partial charge in [-0.3, -0.25) is 0 Å². The molecule has 0 aliphatic carbocycles. The molecule has 0 saturated heterocycles. The molecule has 1 unspecified atom stereocenters. The quantitative estimate of drug-likeness (QED) is 0.610. The summed E-state index contributed by atoms with van der Waals surface area (Å²) in [6.07, 6.45) is -2.37. The fourth-order valence-corrected chi connectivity index (χ4v) is 0.457. The normalized spacial score (nSPS) is 16.2. The van der Waals surface area contributed by atoms with Crippen LogP contribution >= 0.6 is 34.8 Å². The third-order valence-corrected chi connectivity index (χ3v) is 1.17. The summed E-state index contributed by atoms with van der Waals surface area (Å²) in [5.41, 5.74) is 0. The van der Waals surface area contributed by atoms with Gasteiger partial charge < -0.3 is 9.84 Å². The number of hydrogen-bond donors (Lipinski definition) is 1. The average molecular weight is 247 g/mol. The first-order valence-electron chi connectivity index (χ1n) is 2.56. The fraction of sp³-hybridized carbons (Fsp3) is 1.00. The molecule has 0 bridgehead atoms. The van der Waals surface area contributed by atoms with E-state index in [1.165, 1.54) is 0 Å². The summed E-state index contributed by atoms with van der Waals surface area (Å²) in [5, 5.41) is 4.80. The second-order valence-corrected chi connectivity index (χ2v) is 3.67. The van der Waals surface area contributed by atoms with Crippen LogP contribution in [-0.2, 0) is 4.74 Å². The molecule has 1 N–H and O–H groups in total. The molecule has 0 aromatic carbocycles. The molecule has 74 valence electrons. The molecule has 0 aliphatic heterocycles. The van der Waals surface area contributed by atoms with Crippen LogP contribution in [0, 0.1) is 0 Å². The summed E-state index contributed by atoms with van der Waals surface area (Å²) in [7, 11) is 0. The summed E-state index contributed by atoms with van der Waals surface area (Å²) in [5.74, 6) is 0. The Hall–Kier alpha value is 0.580. The van der Waals surface area contributed by atoms with Crippen LogP contribution in [0.2, 0.25) is 0 Å². The monoisotopic (exact) mass is 246 g/mol. The van der Waals surface area contributed by atoms with Gasteiger partial charge >= 0.3 is 9.97 Å². The zero-order chi connectivity index (χ0) is 9.99. The molecule has 0 aromatic rings. The molecule has 0 saturated carbocycles. The Morgan fingerprint density at radius 1 is 1.25 bits per heavy atom. The van der Waals surface area contributed by atoms with Gasteiger partial charge in [-0.1, -0.05) is 23.2 Å².